The van der Waals surface area contributed by atoms with Crippen LogP contribution in [0.4, 0.5) is 0 Å². The predicted octanol–water partition coefficient (Wildman–Crippen LogP) is 1.64. The van der Waals surface area contributed by atoms with Gasteiger partial charge in [0, 0.05) is 12.1 Å². The molecule has 1 aliphatic rings. The summed E-state index contributed by atoms with van der Waals surface area (Å²) in [6, 6.07) is 1.66. The minimum absolute atomic E-state index is 0.0239. The van der Waals surface area contributed by atoms with Crippen molar-refractivity contribution in [2.24, 2.45) is 0 Å². The van der Waals surface area contributed by atoms with E-state index in [1.807, 2.05) is 6.92 Å². The molecule has 1 unspecified atom stereocenters. The van der Waals surface area contributed by atoms with E-state index in [4.69, 9.17) is 4.74 Å². The second kappa shape index (κ2) is 5.12. The molecule has 0 bridgehead atoms. The van der Waals surface area contributed by atoms with E-state index in [1.165, 1.54) is 0 Å². The van der Waals surface area contributed by atoms with Gasteiger partial charge in [0.05, 0.1) is 0 Å². The molecule has 0 saturated heterocycles. The van der Waals surface area contributed by atoms with Gasteiger partial charge in [-0.25, -0.2) is 4.79 Å². The average Bonchev–Trinajstić information content (AvgIpc) is 2.81. The molecule has 1 aromatic heterocycles. The first-order chi connectivity index (χ1) is 8.20. The van der Waals surface area contributed by atoms with Gasteiger partial charge in [-0.15, -0.1) is 0 Å². The van der Waals surface area contributed by atoms with Gasteiger partial charge in [0.15, 0.2) is 17.6 Å². The van der Waals surface area contributed by atoms with E-state index < -0.39 is 12.1 Å². The Hall–Kier alpha value is -1.65. The molecule has 0 spiro atoms. The number of Topliss-reactive ketones (excluding diaryl/α,β-unsaturated/α-hetero) is 1. The molecule has 0 aliphatic heterocycles. The maximum Gasteiger partial charge on any atom is 0.359 e. The molecule has 1 aliphatic carbocycles. The third kappa shape index (κ3) is 2.72. The second-order valence-electron chi connectivity index (χ2n) is 4.24. The fraction of sp³-hybridized carbons (Fsp3) is 0.583. The number of rotatable bonds is 3. The van der Waals surface area contributed by atoms with E-state index in [0.29, 0.717) is 12.8 Å². The zero-order valence-electron chi connectivity index (χ0n) is 9.86. The Morgan fingerprint density at radius 1 is 1.59 bits per heavy atom. The summed E-state index contributed by atoms with van der Waals surface area (Å²) >= 11 is 0. The monoisotopic (exact) mass is 236 g/mol. The third-order valence-electron chi connectivity index (χ3n) is 2.97. The van der Waals surface area contributed by atoms with Crippen LogP contribution in [0.3, 0.4) is 0 Å². The zero-order chi connectivity index (χ0) is 12.3. The number of esters is 1. The lowest BCUT2D eigenvalue weighted by Gasteiger charge is -2.19. The number of nitrogens with one attached hydrogen (secondary N) is 1. The third-order valence-corrected chi connectivity index (χ3v) is 2.97. The van der Waals surface area contributed by atoms with Crippen LogP contribution in [0.2, 0.25) is 0 Å². The van der Waals surface area contributed by atoms with Gasteiger partial charge in [-0.1, -0.05) is 6.92 Å². The number of nitrogens with zero attached hydrogens (tertiary/aromatic N) is 1. The molecular weight excluding hydrogens is 220 g/mol. The van der Waals surface area contributed by atoms with E-state index in [9.17, 15) is 9.59 Å². The van der Waals surface area contributed by atoms with Crippen LogP contribution in [-0.4, -0.2) is 28.1 Å². The molecular formula is C12H16N2O3. The highest BCUT2D eigenvalue weighted by molar-refractivity contribution is 5.91. The van der Waals surface area contributed by atoms with Crippen molar-refractivity contribution in [1.29, 1.82) is 0 Å². The van der Waals surface area contributed by atoms with E-state index in [-0.39, 0.29) is 11.5 Å². The Morgan fingerprint density at radius 3 is 3.06 bits per heavy atom. The lowest BCUT2D eigenvalue weighted by atomic mass is 9.96. The molecule has 5 heteroatoms. The molecule has 5 nitrogen and oxygen atoms in total. The van der Waals surface area contributed by atoms with Gasteiger partial charge in [0.2, 0.25) is 0 Å². The van der Waals surface area contributed by atoms with Crippen molar-refractivity contribution >= 4 is 11.8 Å². The highest BCUT2D eigenvalue weighted by Gasteiger charge is 2.26. The van der Waals surface area contributed by atoms with E-state index in [1.54, 1.807) is 6.07 Å². The first kappa shape index (κ1) is 11.8. The summed E-state index contributed by atoms with van der Waals surface area (Å²) in [4.78, 5) is 23.2. The Labute approximate surface area is 99.5 Å². The Bertz CT molecular complexity index is 425. The highest BCUT2D eigenvalue weighted by atomic mass is 16.5. The number of hydrogen-bond acceptors (Lipinski definition) is 4. The Balaban J connectivity index is 1.98. The summed E-state index contributed by atoms with van der Waals surface area (Å²) in [5.41, 5.74) is 1.13. The van der Waals surface area contributed by atoms with Crippen molar-refractivity contribution in [2.45, 2.75) is 45.1 Å². The van der Waals surface area contributed by atoms with Crippen LogP contribution in [0.15, 0.2) is 6.07 Å². The normalized spacial score (nSPS) is 20.3. The van der Waals surface area contributed by atoms with Gasteiger partial charge in [0.1, 0.15) is 0 Å². The topological polar surface area (TPSA) is 72.1 Å². The van der Waals surface area contributed by atoms with E-state index in [0.717, 1.165) is 25.0 Å². The number of H-pyrrole nitrogens is 1. The molecule has 1 heterocycles. The number of aromatic nitrogens is 2. The summed E-state index contributed by atoms with van der Waals surface area (Å²) in [6.07, 6.45) is 3.19. The van der Waals surface area contributed by atoms with Crippen LogP contribution in [0.1, 0.15) is 48.8 Å². The number of aromatic amines is 1. The summed E-state index contributed by atoms with van der Waals surface area (Å²) < 4.78 is 5.18. The first-order valence-electron chi connectivity index (χ1n) is 5.98. The van der Waals surface area contributed by atoms with Crippen LogP contribution in [0, 0.1) is 0 Å². The molecule has 1 saturated carbocycles. The SMILES string of the molecule is CCc1cc(C(=O)OC2CCCCC2=O)n[nH]1. The molecule has 17 heavy (non-hydrogen) atoms. The Morgan fingerprint density at radius 2 is 2.41 bits per heavy atom. The van der Waals surface area contributed by atoms with Crippen molar-refractivity contribution in [3.8, 4) is 0 Å². The molecule has 0 radical (unpaired) electrons. The number of ketones is 1. The molecule has 1 N–H and O–H groups in total. The van der Waals surface area contributed by atoms with Crippen LogP contribution in [-0.2, 0) is 16.0 Å². The van der Waals surface area contributed by atoms with Gasteiger partial charge in [-0.2, -0.15) is 5.10 Å². The van der Waals surface area contributed by atoms with Crippen molar-refractivity contribution in [3.05, 3.63) is 17.5 Å². The van der Waals surface area contributed by atoms with Gasteiger partial charge in [-0.3, -0.25) is 9.89 Å². The maximum atomic E-state index is 11.7. The molecule has 0 aromatic carbocycles. The van der Waals surface area contributed by atoms with Crippen molar-refractivity contribution in [1.82, 2.24) is 10.2 Å². The van der Waals surface area contributed by atoms with E-state index >= 15 is 0 Å². The Kier molecular flexibility index (Phi) is 3.56. The van der Waals surface area contributed by atoms with Crippen LogP contribution in [0.5, 0.6) is 0 Å². The van der Waals surface area contributed by atoms with Gasteiger partial charge >= 0.3 is 5.97 Å². The van der Waals surface area contributed by atoms with Crippen molar-refractivity contribution < 1.29 is 14.3 Å². The summed E-state index contributed by atoms with van der Waals surface area (Å²) in [5, 5.41) is 6.62. The minimum atomic E-state index is -0.571. The number of carbonyl (C=O) groups is 2. The van der Waals surface area contributed by atoms with Crippen LogP contribution < -0.4 is 0 Å². The molecule has 1 aromatic rings. The molecule has 1 atom stereocenters. The largest absolute Gasteiger partial charge is 0.450 e. The second-order valence-corrected chi connectivity index (χ2v) is 4.24. The molecule has 92 valence electrons. The smallest absolute Gasteiger partial charge is 0.359 e. The number of aryl methyl sites for hydroxylation is 1. The molecule has 2 rings (SSSR count). The number of hydrogen-bond donors (Lipinski definition) is 1. The van der Waals surface area contributed by atoms with Crippen molar-refractivity contribution in [2.75, 3.05) is 0 Å². The fourth-order valence-corrected chi connectivity index (χ4v) is 1.91. The summed E-state index contributed by atoms with van der Waals surface area (Å²) in [7, 11) is 0. The van der Waals surface area contributed by atoms with Crippen molar-refractivity contribution in [3.63, 3.8) is 0 Å². The summed E-state index contributed by atoms with van der Waals surface area (Å²) in [6.45, 7) is 1.97. The average molecular weight is 236 g/mol. The predicted molar refractivity (Wildman–Crippen MR) is 60.6 cm³/mol. The number of ether oxygens (including phenoxy) is 1. The molecule has 0 amide bonds. The quantitative estimate of drug-likeness (QED) is 0.810. The lowest BCUT2D eigenvalue weighted by Crippen LogP contribution is -2.30. The maximum absolute atomic E-state index is 11.7. The minimum Gasteiger partial charge on any atom is -0.450 e. The number of carbonyl (C=O) groups excluding carboxylic acids is 2. The molecule has 1 fully saturated rings. The first-order valence-corrected chi connectivity index (χ1v) is 5.98. The fourth-order valence-electron chi connectivity index (χ4n) is 1.91. The summed E-state index contributed by atoms with van der Waals surface area (Å²) in [5.74, 6) is -0.489. The van der Waals surface area contributed by atoms with Crippen LogP contribution >= 0.6 is 0 Å². The lowest BCUT2D eigenvalue weighted by molar-refractivity contribution is -0.129. The van der Waals surface area contributed by atoms with Crippen LogP contribution in [0.25, 0.3) is 0 Å². The van der Waals surface area contributed by atoms with Gasteiger partial charge < -0.3 is 4.74 Å². The zero-order valence-corrected chi connectivity index (χ0v) is 9.86. The standard InChI is InChI=1S/C12H16N2O3/c1-2-8-7-9(14-13-8)12(16)17-11-6-4-3-5-10(11)15/h7,11H,2-6H2,1H3,(H,13,14). The van der Waals surface area contributed by atoms with Gasteiger partial charge in [-0.05, 0) is 31.7 Å². The highest BCUT2D eigenvalue weighted by Crippen LogP contribution is 2.18. The van der Waals surface area contributed by atoms with Gasteiger partial charge in [0.25, 0.3) is 0 Å². The van der Waals surface area contributed by atoms with E-state index in [2.05, 4.69) is 10.2 Å².